The fourth-order valence-electron chi connectivity index (χ4n) is 1.64. The van der Waals surface area contributed by atoms with Gasteiger partial charge in [-0.15, -0.1) is 11.3 Å². The zero-order valence-electron chi connectivity index (χ0n) is 10.7. The van der Waals surface area contributed by atoms with Gasteiger partial charge in [0.25, 0.3) is 0 Å². The van der Waals surface area contributed by atoms with Gasteiger partial charge in [0.15, 0.2) is 0 Å². The molecule has 1 unspecified atom stereocenters. The maximum atomic E-state index is 3.46. The van der Waals surface area contributed by atoms with Gasteiger partial charge in [0.1, 0.15) is 0 Å². The summed E-state index contributed by atoms with van der Waals surface area (Å²) in [4.78, 5) is 3.88. The van der Waals surface area contributed by atoms with Gasteiger partial charge in [0, 0.05) is 17.5 Å². The minimum absolute atomic E-state index is 0.645. The molecule has 1 heterocycles. The first kappa shape index (κ1) is 13.7. The van der Waals surface area contributed by atoms with Gasteiger partial charge in [-0.1, -0.05) is 13.0 Å². The van der Waals surface area contributed by atoms with Gasteiger partial charge in [0.2, 0.25) is 0 Å². The molecule has 3 heteroatoms. The second-order valence-electron chi connectivity index (χ2n) is 4.38. The molecule has 1 aromatic heterocycles. The molecular formula is C13H24N2S. The van der Waals surface area contributed by atoms with Crippen LogP contribution in [0.4, 0.5) is 0 Å². The number of thiophene rings is 1. The Labute approximate surface area is 104 Å². The molecule has 0 radical (unpaired) electrons. The van der Waals surface area contributed by atoms with E-state index in [1.165, 1.54) is 17.7 Å². The van der Waals surface area contributed by atoms with E-state index in [2.05, 4.69) is 48.6 Å². The number of hydrogen-bond acceptors (Lipinski definition) is 3. The second-order valence-corrected chi connectivity index (χ2v) is 5.41. The van der Waals surface area contributed by atoms with Gasteiger partial charge < -0.3 is 5.32 Å². The summed E-state index contributed by atoms with van der Waals surface area (Å²) in [5, 5.41) is 5.61. The molecule has 0 aromatic carbocycles. The molecular weight excluding hydrogens is 216 g/mol. The van der Waals surface area contributed by atoms with E-state index in [1.54, 1.807) is 0 Å². The van der Waals surface area contributed by atoms with Crippen LogP contribution in [0.2, 0.25) is 0 Å². The monoisotopic (exact) mass is 240 g/mol. The summed E-state index contributed by atoms with van der Waals surface area (Å²) in [6, 6.07) is 4.98. The molecule has 16 heavy (non-hydrogen) atoms. The van der Waals surface area contributed by atoms with Crippen molar-refractivity contribution in [3.63, 3.8) is 0 Å². The molecule has 1 atom stereocenters. The van der Waals surface area contributed by atoms with E-state index in [0.29, 0.717) is 6.04 Å². The van der Waals surface area contributed by atoms with Crippen LogP contribution in [-0.2, 0) is 6.54 Å². The highest BCUT2D eigenvalue weighted by Gasteiger charge is 2.09. The lowest BCUT2D eigenvalue weighted by atomic mass is 10.2. The van der Waals surface area contributed by atoms with Crippen LogP contribution >= 0.6 is 11.3 Å². The molecule has 0 amide bonds. The van der Waals surface area contributed by atoms with Crippen molar-refractivity contribution in [2.24, 2.45) is 0 Å². The first-order valence-corrected chi connectivity index (χ1v) is 7.05. The first-order valence-electron chi connectivity index (χ1n) is 6.17. The van der Waals surface area contributed by atoms with Gasteiger partial charge in [-0.25, -0.2) is 0 Å². The third-order valence-electron chi connectivity index (χ3n) is 2.90. The zero-order chi connectivity index (χ0) is 11.8. The molecule has 0 aliphatic heterocycles. The van der Waals surface area contributed by atoms with Crippen molar-refractivity contribution in [3.05, 3.63) is 22.4 Å². The van der Waals surface area contributed by atoms with Crippen LogP contribution in [0, 0.1) is 0 Å². The molecule has 1 rings (SSSR count). The van der Waals surface area contributed by atoms with E-state index in [0.717, 1.165) is 19.6 Å². The first-order chi connectivity index (χ1) is 7.74. The zero-order valence-corrected chi connectivity index (χ0v) is 11.5. The Morgan fingerprint density at radius 2 is 2.25 bits per heavy atom. The molecule has 0 aliphatic carbocycles. The van der Waals surface area contributed by atoms with Crippen LogP contribution in [0.5, 0.6) is 0 Å². The van der Waals surface area contributed by atoms with E-state index in [1.807, 2.05) is 11.3 Å². The minimum Gasteiger partial charge on any atom is -0.317 e. The van der Waals surface area contributed by atoms with Crippen LogP contribution in [0.25, 0.3) is 0 Å². The van der Waals surface area contributed by atoms with Gasteiger partial charge >= 0.3 is 0 Å². The Morgan fingerprint density at radius 3 is 2.88 bits per heavy atom. The Bertz CT molecular complexity index is 259. The summed E-state index contributed by atoms with van der Waals surface area (Å²) in [5.74, 6) is 0. The van der Waals surface area contributed by atoms with Gasteiger partial charge in [-0.3, -0.25) is 4.90 Å². The summed E-state index contributed by atoms with van der Waals surface area (Å²) < 4.78 is 0. The van der Waals surface area contributed by atoms with E-state index in [4.69, 9.17) is 0 Å². The molecule has 0 saturated heterocycles. The van der Waals surface area contributed by atoms with Crippen molar-refractivity contribution >= 4 is 11.3 Å². The standard InChI is InChI=1S/C13H24N2S/c1-4-8-14-9-7-12(2)15(3)11-13-6-5-10-16-13/h5-6,10,12,14H,4,7-9,11H2,1-3H3. The molecule has 1 N–H and O–H groups in total. The number of hydrogen-bond donors (Lipinski definition) is 1. The van der Waals surface area contributed by atoms with E-state index in [9.17, 15) is 0 Å². The minimum atomic E-state index is 0.645. The molecule has 1 aromatic rings. The average molecular weight is 240 g/mol. The predicted molar refractivity (Wildman–Crippen MR) is 73.0 cm³/mol. The largest absolute Gasteiger partial charge is 0.317 e. The lowest BCUT2D eigenvalue weighted by Crippen LogP contribution is -2.31. The SMILES string of the molecule is CCCNCCC(C)N(C)Cc1cccs1. The van der Waals surface area contributed by atoms with Crippen LogP contribution in [0.15, 0.2) is 17.5 Å². The Morgan fingerprint density at radius 1 is 1.44 bits per heavy atom. The van der Waals surface area contributed by atoms with Gasteiger partial charge in [0.05, 0.1) is 0 Å². The van der Waals surface area contributed by atoms with E-state index >= 15 is 0 Å². The maximum Gasteiger partial charge on any atom is 0.0327 e. The van der Waals surface area contributed by atoms with Crippen molar-refractivity contribution in [2.45, 2.75) is 39.3 Å². The highest BCUT2D eigenvalue weighted by atomic mass is 32.1. The van der Waals surface area contributed by atoms with Crippen LogP contribution in [0.1, 0.15) is 31.6 Å². The smallest absolute Gasteiger partial charge is 0.0327 e. The Kier molecular flexibility index (Phi) is 6.69. The summed E-state index contributed by atoms with van der Waals surface area (Å²) in [6.07, 6.45) is 2.45. The lowest BCUT2D eigenvalue weighted by molar-refractivity contribution is 0.238. The molecule has 92 valence electrons. The summed E-state index contributed by atoms with van der Waals surface area (Å²) in [6.45, 7) is 7.86. The molecule has 2 nitrogen and oxygen atoms in total. The quantitative estimate of drug-likeness (QED) is 0.703. The maximum absolute atomic E-state index is 3.46. The van der Waals surface area contributed by atoms with Crippen LogP contribution in [-0.4, -0.2) is 31.1 Å². The number of nitrogens with zero attached hydrogens (tertiary/aromatic N) is 1. The average Bonchev–Trinajstić information content (AvgIpc) is 2.76. The Hall–Kier alpha value is -0.380. The normalized spacial score (nSPS) is 13.2. The van der Waals surface area contributed by atoms with Crippen molar-refractivity contribution in [1.82, 2.24) is 10.2 Å². The Balaban J connectivity index is 2.17. The topological polar surface area (TPSA) is 15.3 Å². The van der Waals surface area contributed by atoms with Gasteiger partial charge in [-0.05, 0) is 51.3 Å². The summed E-state index contributed by atoms with van der Waals surface area (Å²) >= 11 is 1.84. The molecule has 0 fully saturated rings. The molecule has 0 spiro atoms. The third kappa shape index (κ3) is 5.10. The number of nitrogens with one attached hydrogen (secondary N) is 1. The second kappa shape index (κ2) is 7.82. The van der Waals surface area contributed by atoms with Crippen LogP contribution in [0.3, 0.4) is 0 Å². The fraction of sp³-hybridized carbons (Fsp3) is 0.692. The molecule has 0 aliphatic rings. The van der Waals surface area contributed by atoms with E-state index in [-0.39, 0.29) is 0 Å². The van der Waals surface area contributed by atoms with Crippen molar-refractivity contribution in [2.75, 3.05) is 20.1 Å². The van der Waals surface area contributed by atoms with Crippen molar-refractivity contribution in [3.8, 4) is 0 Å². The molecule has 0 saturated carbocycles. The molecule has 0 bridgehead atoms. The summed E-state index contributed by atoms with van der Waals surface area (Å²) in [5.41, 5.74) is 0. The van der Waals surface area contributed by atoms with Crippen molar-refractivity contribution < 1.29 is 0 Å². The van der Waals surface area contributed by atoms with E-state index < -0.39 is 0 Å². The number of rotatable bonds is 8. The van der Waals surface area contributed by atoms with Crippen LogP contribution < -0.4 is 5.32 Å². The fourth-order valence-corrected chi connectivity index (χ4v) is 2.40. The highest BCUT2D eigenvalue weighted by molar-refractivity contribution is 7.09. The summed E-state index contributed by atoms with van der Waals surface area (Å²) in [7, 11) is 2.21. The predicted octanol–water partition coefficient (Wildman–Crippen LogP) is 2.96. The third-order valence-corrected chi connectivity index (χ3v) is 3.76. The highest BCUT2D eigenvalue weighted by Crippen LogP contribution is 2.13. The van der Waals surface area contributed by atoms with Crippen molar-refractivity contribution in [1.29, 1.82) is 0 Å². The lowest BCUT2D eigenvalue weighted by Gasteiger charge is -2.24. The van der Waals surface area contributed by atoms with Gasteiger partial charge in [-0.2, -0.15) is 0 Å².